The molecule has 0 radical (unpaired) electrons. The Kier molecular flexibility index (Phi) is 4.05. The molecule has 1 heterocycles. The molecule has 0 aromatic carbocycles. The van der Waals surface area contributed by atoms with Crippen LogP contribution in [0, 0.1) is 0 Å². The third-order valence-electron chi connectivity index (χ3n) is 4.05. The van der Waals surface area contributed by atoms with E-state index in [0.29, 0.717) is 6.54 Å². The molecule has 4 heteroatoms. The van der Waals surface area contributed by atoms with Crippen LogP contribution in [0.1, 0.15) is 44.9 Å². The van der Waals surface area contributed by atoms with Gasteiger partial charge in [-0.3, -0.25) is 4.79 Å². The van der Waals surface area contributed by atoms with E-state index in [4.69, 9.17) is 0 Å². The van der Waals surface area contributed by atoms with Crippen LogP contribution in [0.4, 0.5) is 0 Å². The second-order valence-electron chi connectivity index (χ2n) is 5.63. The van der Waals surface area contributed by atoms with E-state index >= 15 is 0 Å². The Bertz CT molecular complexity index is 269. The number of hydrogen-bond donors (Lipinski definition) is 2. The molecule has 2 rings (SSSR count). The van der Waals surface area contributed by atoms with E-state index in [-0.39, 0.29) is 11.9 Å². The number of piperidine rings is 1. The van der Waals surface area contributed by atoms with Crippen LogP contribution in [-0.4, -0.2) is 47.7 Å². The average molecular weight is 240 g/mol. The van der Waals surface area contributed by atoms with E-state index in [1.54, 1.807) is 4.90 Å². The summed E-state index contributed by atoms with van der Waals surface area (Å²) in [6.45, 7) is 1.43. The van der Waals surface area contributed by atoms with Crippen molar-refractivity contribution >= 4 is 5.91 Å². The van der Waals surface area contributed by atoms with Gasteiger partial charge in [0.25, 0.3) is 0 Å². The first-order valence-electron chi connectivity index (χ1n) is 6.81. The Morgan fingerprint density at radius 1 is 1.35 bits per heavy atom. The summed E-state index contributed by atoms with van der Waals surface area (Å²) in [5.41, 5.74) is -0.626. The van der Waals surface area contributed by atoms with E-state index in [1.807, 2.05) is 7.05 Å². The Morgan fingerprint density at radius 2 is 2.06 bits per heavy atom. The van der Waals surface area contributed by atoms with Crippen molar-refractivity contribution in [3.63, 3.8) is 0 Å². The SMILES string of the molecule is CN(CC1(O)CCCC1)C(=O)C1CCCCN1. The lowest BCUT2D eigenvalue weighted by Crippen LogP contribution is -2.51. The molecule has 1 saturated carbocycles. The van der Waals surface area contributed by atoms with Gasteiger partial charge in [0.15, 0.2) is 0 Å². The summed E-state index contributed by atoms with van der Waals surface area (Å²) in [6.07, 6.45) is 7.06. The molecule has 17 heavy (non-hydrogen) atoms. The fourth-order valence-electron chi connectivity index (χ4n) is 3.04. The molecule has 1 amide bonds. The molecule has 4 nitrogen and oxygen atoms in total. The molecule has 2 N–H and O–H groups in total. The van der Waals surface area contributed by atoms with E-state index in [0.717, 1.165) is 51.5 Å². The molecule has 1 aliphatic carbocycles. The highest BCUT2D eigenvalue weighted by Gasteiger charge is 2.34. The van der Waals surface area contributed by atoms with Crippen molar-refractivity contribution in [2.45, 2.75) is 56.6 Å². The molecular weight excluding hydrogens is 216 g/mol. The normalized spacial score (nSPS) is 28.0. The molecule has 2 fully saturated rings. The van der Waals surface area contributed by atoms with Gasteiger partial charge in [0, 0.05) is 13.6 Å². The summed E-state index contributed by atoms with van der Waals surface area (Å²) < 4.78 is 0. The van der Waals surface area contributed by atoms with Crippen LogP contribution < -0.4 is 5.32 Å². The molecule has 0 aromatic heterocycles. The molecule has 0 spiro atoms. The van der Waals surface area contributed by atoms with Gasteiger partial charge >= 0.3 is 0 Å². The summed E-state index contributed by atoms with van der Waals surface area (Å²) in [4.78, 5) is 13.9. The van der Waals surface area contributed by atoms with Crippen LogP contribution >= 0.6 is 0 Å². The second kappa shape index (κ2) is 5.36. The third-order valence-corrected chi connectivity index (χ3v) is 4.05. The minimum Gasteiger partial charge on any atom is -0.388 e. The summed E-state index contributed by atoms with van der Waals surface area (Å²) in [5, 5.41) is 13.6. The zero-order valence-electron chi connectivity index (χ0n) is 10.7. The van der Waals surface area contributed by atoms with Crippen molar-refractivity contribution in [2.75, 3.05) is 20.1 Å². The fourth-order valence-corrected chi connectivity index (χ4v) is 3.04. The number of carbonyl (C=O) groups excluding carboxylic acids is 1. The lowest BCUT2D eigenvalue weighted by atomic mass is 10.00. The number of likely N-dealkylation sites (N-methyl/N-ethyl adjacent to an activating group) is 1. The van der Waals surface area contributed by atoms with Gasteiger partial charge in [-0.2, -0.15) is 0 Å². The number of carbonyl (C=O) groups is 1. The zero-order valence-corrected chi connectivity index (χ0v) is 10.7. The highest BCUT2D eigenvalue weighted by atomic mass is 16.3. The van der Waals surface area contributed by atoms with E-state index in [2.05, 4.69) is 5.32 Å². The van der Waals surface area contributed by atoms with Crippen molar-refractivity contribution in [2.24, 2.45) is 0 Å². The van der Waals surface area contributed by atoms with Crippen LogP contribution in [0.2, 0.25) is 0 Å². The maximum Gasteiger partial charge on any atom is 0.239 e. The first kappa shape index (κ1) is 12.8. The Hall–Kier alpha value is -0.610. The van der Waals surface area contributed by atoms with Gasteiger partial charge in [-0.1, -0.05) is 19.3 Å². The molecule has 0 aromatic rings. The Morgan fingerprint density at radius 3 is 2.65 bits per heavy atom. The number of rotatable bonds is 3. The fraction of sp³-hybridized carbons (Fsp3) is 0.923. The van der Waals surface area contributed by atoms with Crippen LogP contribution in [0.25, 0.3) is 0 Å². The Labute approximate surface area is 103 Å². The Balaban J connectivity index is 1.85. The monoisotopic (exact) mass is 240 g/mol. The summed E-state index contributed by atoms with van der Waals surface area (Å²) in [7, 11) is 1.81. The van der Waals surface area contributed by atoms with Gasteiger partial charge in [0.05, 0.1) is 11.6 Å². The highest BCUT2D eigenvalue weighted by molar-refractivity contribution is 5.81. The molecule has 1 unspecified atom stereocenters. The van der Waals surface area contributed by atoms with Gasteiger partial charge in [-0.25, -0.2) is 0 Å². The quantitative estimate of drug-likeness (QED) is 0.770. The van der Waals surface area contributed by atoms with Crippen LogP contribution in [0.15, 0.2) is 0 Å². The zero-order chi connectivity index (χ0) is 12.3. The molecule has 1 atom stereocenters. The molecule has 1 aliphatic heterocycles. The van der Waals surface area contributed by atoms with Crippen LogP contribution in [0.5, 0.6) is 0 Å². The van der Waals surface area contributed by atoms with Crippen molar-refractivity contribution in [3.8, 4) is 0 Å². The van der Waals surface area contributed by atoms with Gasteiger partial charge in [-0.15, -0.1) is 0 Å². The third kappa shape index (κ3) is 3.19. The van der Waals surface area contributed by atoms with Gasteiger partial charge < -0.3 is 15.3 Å². The molecule has 0 bridgehead atoms. The topological polar surface area (TPSA) is 52.6 Å². The lowest BCUT2D eigenvalue weighted by molar-refractivity contribution is -0.136. The highest BCUT2D eigenvalue weighted by Crippen LogP contribution is 2.30. The van der Waals surface area contributed by atoms with Gasteiger partial charge in [0.2, 0.25) is 5.91 Å². The predicted molar refractivity (Wildman–Crippen MR) is 66.7 cm³/mol. The number of hydrogen-bond acceptors (Lipinski definition) is 3. The minimum atomic E-state index is -0.626. The summed E-state index contributed by atoms with van der Waals surface area (Å²) >= 11 is 0. The van der Waals surface area contributed by atoms with Crippen molar-refractivity contribution in [1.29, 1.82) is 0 Å². The van der Waals surface area contributed by atoms with E-state index < -0.39 is 5.60 Å². The van der Waals surface area contributed by atoms with Crippen molar-refractivity contribution < 1.29 is 9.90 Å². The molecule has 98 valence electrons. The standard InChI is InChI=1S/C13H24N2O2/c1-15(10-13(17)7-3-4-8-13)12(16)11-6-2-5-9-14-11/h11,14,17H,2-10H2,1H3. The first-order valence-corrected chi connectivity index (χ1v) is 6.81. The van der Waals surface area contributed by atoms with Gasteiger partial charge in [-0.05, 0) is 32.2 Å². The smallest absolute Gasteiger partial charge is 0.239 e. The summed E-state index contributed by atoms with van der Waals surface area (Å²) in [6, 6.07) is -0.0289. The first-order chi connectivity index (χ1) is 8.11. The lowest BCUT2D eigenvalue weighted by Gasteiger charge is -2.32. The van der Waals surface area contributed by atoms with Gasteiger partial charge in [0.1, 0.15) is 0 Å². The minimum absolute atomic E-state index is 0.0289. The maximum atomic E-state index is 12.2. The van der Waals surface area contributed by atoms with Crippen molar-refractivity contribution in [1.82, 2.24) is 10.2 Å². The second-order valence-corrected chi connectivity index (χ2v) is 5.63. The number of aliphatic hydroxyl groups is 1. The molecule has 2 aliphatic rings. The predicted octanol–water partition coefficient (Wildman–Crippen LogP) is 0.892. The molecule has 1 saturated heterocycles. The van der Waals surface area contributed by atoms with E-state index in [1.165, 1.54) is 0 Å². The number of amides is 1. The number of nitrogens with zero attached hydrogens (tertiary/aromatic N) is 1. The molecular formula is C13H24N2O2. The number of nitrogens with one attached hydrogen (secondary N) is 1. The summed E-state index contributed by atoms with van der Waals surface area (Å²) in [5.74, 6) is 0.144. The van der Waals surface area contributed by atoms with E-state index in [9.17, 15) is 9.90 Å². The largest absolute Gasteiger partial charge is 0.388 e. The average Bonchev–Trinajstić information content (AvgIpc) is 2.76. The van der Waals surface area contributed by atoms with Crippen molar-refractivity contribution in [3.05, 3.63) is 0 Å². The maximum absolute atomic E-state index is 12.2. The van der Waals surface area contributed by atoms with Crippen LogP contribution in [0.3, 0.4) is 0 Å². The van der Waals surface area contributed by atoms with Crippen LogP contribution in [-0.2, 0) is 4.79 Å².